The molecule has 1 aliphatic heterocycles. The van der Waals surface area contributed by atoms with E-state index in [4.69, 9.17) is 9.52 Å². The molecule has 6 nitrogen and oxygen atoms in total. The third-order valence-electron chi connectivity index (χ3n) is 3.22. The first-order valence-corrected chi connectivity index (χ1v) is 6.18. The zero-order chi connectivity index (χ0) is 13.8. The van der Waals surface area contributed by atoms with Crippen molar-refractivity contribution in [2.24, 2.45) is 0 Å². The number of carboxylic acid groups (broad SMARTS) is 1. The number of amides is 1. The number of likely N-dealkylation sites (tertiary alicyclic amines) is 1. The normalized spacial score (nSPS) is 18.5. The van der Waals surface area contributed by atoms with E-state index >= 15 is 0 Å². The first-order chi connectivity index (χ1) is 9.09. The molecule has 1 aliphatic rings. The Morgan fingerprint density at radius 2 is 2.16 bits per heavy atom. The predicted molar refractivity (Wildman–Crippen MR) is 64.6 cm³/mol. The van der Waals surface area contributed by atoms with Gasteiger partial charge in [0.05, 0.1) is 6.26 Å². The summed E-state index contributed by atoms with van der Waals surface area (Å²) in [5, 5.41) is 8.98. The zero-order valence-corrected chi connectivity index (χ0v) is 10.4. The summed E-state index contributed by atoms with van der Waals surface area (Å²) in [6.07, 6.45) is 2.62. The Balaban J connectivity index is 1.88. The van der Waals surface area contributed by atoms with Gasteiger partial charge in [0.1, 0.15) is 6.04 Å². The molecule has 0 radical (unpaired) electrons. The lowest BCUT2D eigenvalue weighted by Gasteiger charge is -2.21. The van der Waals surface area contributed by atoms with Gasteiger partial charge in [0, 0.05) is 19.4 Å². The molecule has 19 heavy (non-hydrogen) atoms. The smallest absolute Gasteiger partial charge is 0.326 e. The van der Waals surface area contributed by atoms with Gasteiger partial charge in [-0.2, -0.15) is 0 Å². The monoisotopic (exact) mass is 265 g/mol. The number of aliphatic carboxylic acids is 1. The van der Waals surface area contributed by atoms with E-state index in [0.717, 1.165) is 0 Å². The van der Waals surface area contributed by atoms with Crippen molar-refractivity contribution >= 4 is 17.7 Å². The topological polar surface area (TPSA) is 87.8 Å². The third-order valence-corrected chi connectivity index (χ3v) is 3.22. The average Bonchev–Trinajstić information content (AvgIpc) is 3.04. The van der Waals surface area contributed by atoms with Crippen molar-refractivity contribution < 1.29 is 23.9 Å². The van der Waals surface area contributed by atoms with Crippen molar-refractivity contribution in [2.75, 3.05) is 6.54 Å². The lowest BCUT2D eigenvalue weighted by molar-refractivity contribution is -0.148. The fraction of sp³-hybridized carbons (Fsp3) is 0.462. The summed E-state index contributed by atoms with van der Waals surface area (Å²) in [5.41, 5.74) is 0. The van der Waals surface area contributed by atoms with Gasteiger partial charge >= 0.3 is 5.97 Å². The number of furan rings is 1. The maximum absolute atomic E-state index is 11.9. The van der Waals surface area contributed by atoms with Gasteiger partial charge in [-0.15, -0.1) is 0 Å². The highest BCUT2D eigenvalue weighted by Crippen LogP contribution is 2.19. The van der Waals surface area contributed by atoms with Crippen molar-refractivity contribution in [3.63, 3.8) is 0 Å². The Morgan fingerprint density at radius 1 is 1.37 bits per heavy atom. The Kier molecular flexibility index (Phi) is 3.99. The molecular weight excluding hydrogens is 250 g/mol. The van der Waals surface area contributed by atoms with Crippen LogP contribution in [-0.2, 0) is 9.59 Å². The van der Waals surface area contributed by atoms with Gasteiger partial charge in [0.2, 0.25) is 5.91 Å². The summed E-state index contributed by atoms with van der Waals surface area (Å²) in [6, 6.07) is 2.41. The van der Waals surface area contributed by atoms with Crippen molar-refractivity contribution in [1.29, 1.82) is 0 Å². The molecule has 6 heteroatoms. The van der Waals surface area contributed by atoms with Gasteiger partial charge in [-0.1, -0.05) is 0 Å². The molecule has 1 saturated heterocycles. The molecule has 1 N–H and O–H groups in total. The van der Waals surface area contributed by atoms with E-state index in [2.05, 4.69) is 0 Å². The fourth-order valence-electron chi connectivity index (χ4n) is 2.25. The fourth-order valence-corrected chi connectivity index (χ4v) is 2.25. The number of carboxylic acids is 1. The number of Topliss-reactive ketones (excluding diaryl/α,β-unsaturated/α-hetero) is 1. The minimum atomic E-state index is -0.983. The van der Waals surface area contributed by atoms with Crippen LogP contribution in [0.5, 0.6) is 0 Å². The zero-order valence-electron chi connectivity index (χ0n) is 10.4. The molecule has 1 amide bonds. The van der Waals surface area contributed by atoms with Gasteiger partial charge in [-0.25, -0.2) is 4.79 Å². The molecule has 1 aromatic heterocycles. The highest BCUT2D eigenvalue weighted by atomic mass is 16.4. The van der Waals surface area contributed by atoms with E-state index in [9.17, 15) is 14.4 Å². The van der Waals surface area contributed by atoms with E-state index in [0.29, 0.717) is 19.4 Å². The summed E-state index contributed by atoms with van der Waals surface area (Å²) in [7, 11) is 0. The quantitative estimate of drug-likeness (QED) is 0.811. The number of carbonyl (C=O) groups excluding carboxylic acids is 2. The van der Waals surface area contributed by atoms with Gasteiger partial charge in [0.25, 0.3) is 0 Å². The number of rotatable bonds is 5. The first kappa shape index (κ1) is 13.3. The number of ketones is 1. The van der Waals surface area contributed by atoms with Crippen LogP contribution in [0.15, 0.2) is 22.8 Å². The average molecular weight is 265 g/mol. The van der Waals surface area contributed by atoms with Crippen LogP contribution < -0.4 is 0 Å². The standard InChI is InChI=1S/C13H15NO5/c15-10(11-4-2-8-19-11)5-6-12(16)14-7-1-3-9(14)13(17)18/h2,4,8-9H,1,3,5-7H2,(H,17,18)/t9-/m0/s1. The Bertz CT molecular complexity index is 479. The number of carbonyl (C=O) groups is 3. The van der Waals surface area contributed by atoms with Crippen LogP contribution in [0.1, 0.15) is 36.2 Å². The molecule has 0 saturated carbocycles. The van der Waals surface area contributed by atoms with Crippen molar-refractivity contribution in [2.45, 2.75) is 31.7 Å². The molecule has 0 bridgehead atoms. The molecule has 0 unspecified atom stereocenters. The Labute approximate surface area is 110 Å². The molecular formula is C13H15NO5. The van der Waals surface area contributed by atoms with Gasteiger partial charge < -0.3 is 14.4 Å². The number of hydrogen-bond acceptors (Lipinski definition) is 4. The van der Waals surface area contributed by atoms with Crippen LogP contribution in [0.4, 0.5) is 0 Å². The van der Waals surface area contributed by atoms with Gasteiger partial charge in [-0.3, -0.25) is 9.59 Å². The minimum absolute atomic E-state index is 0.0172. The Hall–Kier alpha value is -2.11. The van der Waals surface area contributed by atoms with Crippen LogP contribution in [0.25, 0.3) is 0 Å². The highest BCUT2D eigenvalue weighted by molar-refractivity contribution is 5.96. The molecule has 1 atom stereocenters. The van der Waals surface area contributed by atoms with Crippen LogP contribution in [0.3, 0.4) is 0 Å². The van der Waals surface area contributed by atoms with E-state index in [1.807, 2.05) is 0 Å². The second-order valence-corrected chi connectivity index (χ2v) is 4.48. The van der Waals surface area contributed by atoms with Crippen molar-refractivity contribution in [1.82, 2.24) is 4.90 Å². The van der Waals surface area contributed by atoms with Crippen LogP contribution in [0, 0.1) is 0 Å². The molecule has 2 heterocycles. The molecule has 102 valence electrons. The molecule has 0 aliphatic carbocycles. The van der Waals surface area contributed by atoms with Crippen LogP contribution in [-0.4, -0.2) is 40.3 Å². The predicted octanol–water partition coefficient (Wildman–Crippen LogP) is 1.32. The largest absolute Gasteiger partial charge is 0.480 e. The SMILES string of the molecule is O=C(CCC(=O)N1CCC[C@H]1C(=O)O)c1ccco1. The van der Waals surface area contributed by atoms with Crippen molar-refractivity contribution in [3.05, 3.63) is 24.2 Å². The molecule has 0 spiro atoms. The number of hydrogen-bond donors (Lipinski definition) is 1. The summed E-state index contributed by atoms with van der Waals surface area (Å²) in [4.78, 5) is 35.9. The summed E-state index contributed by atoms with van der Waals surface area (Å²) < 4.78 is 4.94. The molecule has 0 aromatic carbocycles. The van der Waals surface area contributed by atoms with E-state index in [1.54, 1.807) is 12.1 Å². The van der Waals surface area contributed by atoms with Crippen LogP contribution >= 0.6 is 0 Å². The molecule has 1 fully saturated rings. The highest BCUT2D eigenvalue weighted by Gasteiger charge is 2.33. The first-order valence-electron chi connectivity index (χ1n) is 6.18. The van der Waals surface area contributed by atoms with Crippen LogP contribution in [0.2, 0.25) is 0 Å². The molecule has 1 aromatic rings. The lowest BCUT2D eigenvalue weighted by atomic mass is 10.1. The van der Waals surface area contributed by atoms with E-state index in [-0.39, 0.29) is 30.3 Å². The maximum atomic E-state index is 11.9. The van der Waals surface area contributed by atoms with E-state index < -0.39 is 12.0 Å². The third kappa shape index (κ3) is 3.01. The van der Waals surface area contributed by atoms with Gasteiger partial charge in [-0.05, 0) is 25.0 Å². The summed E-state index contributed by atoms with van der Waals surface area (Å²) in [6.45, 7) is 0.449. The second-order valence-electron chi connectivity index (χ2n) is 4.48. The second kappa shape index (κ2) is 5.69. The van der Waals surface area contributed by atoms with Crippen molar-refractivity contribution in [3.8, 4) is 0 Å². The Morgan fingerprint density at radius 3 is 2.79 bits per heavy atom. The minimum Gasteiger partial charge on any atom is -0.480 e. The van der Waals surface area contributed by atoms with E-state index in [1.165, 1.54) is 11.2 Å². The molecule has 2 rings (SSSR count). The lowest BCUT2D eigenvalue weighted by Crippen LogP contribution is -2.40. The number of nitrogens with zero attached hydrogens (tertiary/aromatic N) is 1. The summed E-state index contributed by atoms with van der Waals surface area (Å²) >= 11 is 0. The maximum Gasteiger partial charge on any atom is 0.326 e. The summed E-state index contributed by atoms with van der Waals surface area (Å²) in [5.74, 6) is -1.29. The van der Waals surface area contributed by atoms with Gasteiger partial charge in [0.15, 0.2) is 11.5 Å².